The van der Waals surface area contributed by atoms with Crippen molar-refractivity contribution in [1.29, 1.82) is 0 Å². The number of sulfonamides is 1. The van der Waals surface area contributed by atoms with Crippen LogP contribution in [0.3, 0.4) is 0 Å². The molecule has 3 rings (SSSR count). The lowest BCUT2D eigenvalue weighted by Crippen LogP contribution is -2.48. The van der Waals surface area contributed by atoms with Gasteiger partial charge in [0.05, 0.1) is 10.5 Å². The zero-order chi connectivity index (χ0) is 24.9. The quantitative estimate of drug-likeness (QED) is 0.600. The van der Waals surface area contributed by atoms with Crippen molar-refractivity contribution in [3.8, 4) is 0 Å². The molecule has 0 atom stereocenters. The number of hydrogen-bond donors (Lipinski definition) is 1. The Morgan fingerprint density at radius 1 is 1.03 bits per heavy atom. The molecule has 1 aliphatic rings. The van der Waals surface area contributed by atoms with E-state index in [-0.39, 0.29) is 23.1 Å². The summed E-state index contributed by atoms with van der Waals surface area (Å²) in [4.78, 5) is 16.4. The van der Waals surface area contributed by atoms with Crippen molar-refractivity contribution in [1.82, 2.24) is 9.62 Å². The van der Waals surface area contributed by atoms with Crippen LogP contribution in [0.2, 0.25) is 0 Å². The van der Waals surface area contributed by atoms with E-state index in [0.717, 1.165) is 17.7 Å². The van der Waals surface area contributed by atoms with Crippen molar-refractivity contribution >= 4 is 21.6 Å². The van der Waals surface area contributed by atoms with Gasteiger partial charge in [0.25, 0.3) is 0 Å². The maximum Gasteiger partial charge on any atom is 0.416 e. The second-order valence-electron chi connectivity index (χ2n) is 8.81. The summed E-state index contributed by atoms with van der Waals surface area (Å²) in [6.07, 6.45) is -3.63. The van der Waals surface area contributed by atoms with E-state index < -0.39 is 21.8 Å². The van der Waals surface area contributed by atoms with E-state index in [9.17, 15) is 26.4 Å². The molecule has 2 aromatic rings. The highest BCUT2D eigenvalue weighted by Crippen LogP contribution is 2.32. The lowest BCUT2D eigenvalue weighted by molar-refractivity contribution is -0.137. The van der Waals surface area contributed by atoms with Crippen molar-refractivity contribution in [3.05, 3.63) is 59.7 Å². The van der Waals surface area contributed by atoms with Gasteiger partial charge >= 0.3 is 6.18 Å². The fraction of sp³-hybridized carbons (Fsp3) is 0.458. The van der Waals surface area contributed by atoms with Gasteiger partial charge in [0.2, 0.25) is 15.9 Å². The van der Waals surface area contributed by atoms with Gasteiger partial charge in [0.1, 0.15) is 0 Å². The number of aryl methyl sites for hydroxylation is 1. The Kier molecular flexibility index (Phi) is 8.25. The van der Waals surface area contributed by atoms with Crippen molar-refractivity contribution < 1.29 is 26.4 Å². The van der Waals surface area contributed by atoms with Crippen LogP contribution in [0, 0.1) is 5.92 Å². The fourth-order valence-electron chi connectivity index (χ4n) is 3.70. The third-order valence-corrected chi connectivity index (χ3v) is 7.15. The molecule has 1 N–H and O–H groups in total. The van der Waals surface area contributed by atoms with Crippen molar-refractivity contribution in [3.63, 3.8) is 0 Å². The summed E-state index contributed by atoms with van der Waals surface area (Å²) in [6, 6.07) is 11.7. The molecule has 1 saturated heterocycles. The average molecular weight is 498 g/mol. The largest absolute Gasteiger partial charge is 0.416 e. The molecular formula is C24H30F3N3O3S. The molecule has 0 aromatic heterocycles. The molecule has 1 fully saturated rings. The smallest absolute Gasteiger partial charge is 0.368 e. The maximum absolute atomic E-state index is 13.0. The third-order valence-electron chi connectivity index (χ3n) is 5.71. The number of nitrogens with one attached hydrogen (secondary N) is 1. The SMILES string of the molecule is CC(C)CNS(=O)(=O)c1ccc(CCC(=O)N2CCN(c3cccc(C(F)(F)F)c3)CC2)cc1. The number of piperazine rings is 1. The summed E-state index contributed by atoms with van der Waals surface area (Å²) in [6.45, 7) is 6.01. The molecule has 0 aliphatic carbocycles. The lowest BCUT2D eigenvalue weighted by Gasteiger charge is -2.36. The molecule has 0 unspecified atom stereocenters. The number of anilines is 1. The standard InChI is InChI=1S/C24H30F3N3O3S/c1-18(2)17-28-34(32,33)22-9-6-19(7-10-22)8-11-23(31)30-14-12-29(13-15-30)21-5-3-4-20(16-21)24(25,26)27/h3-7,9-10,16,18,28H,8,11-15,17H2,1-2H3. The number of carbonyl (C=O) groups excluding carboxylic acids is 1. The highest BCUT2D eigenvalue weighted by atomic mass is 32.2. The predicted molar refractivity (Wildman–Crippen MR) is 125 cm³/mol. The van der Waals surface area contributed by atoms with Crippen LogP contribution in [-0.4, -0.2) is 51.9 Å². The van der Waals surface area contributed by atoms with Crippen LogP contribution in [-0.2, 0) is 27.4 Å². The molecular weight excluding hydrogens is 467 g/mol. The Balaban J connectivity index is 1.49. The summed E-state index contributed by atoms with van der Waals surface area (Å²) in [5, 5.41) is 0. The minimum absolute atomic E-state index is 0.0287. The van der Waals surface area contributed by atoms with E-state index in [1.165, 1.54) is 18.2 Å². The summed E-state index contributed by atoms with van der Waals surface area (Å²) < 4.78 is 66.0. The maximum atomic E-state index is 13.0. The number of nitrogens with zero attached hydrogens (tertiary/aromatic N) is 2. The average Bonchev–Trinajstić information content (AvgIpc) is 2.81. The van der Waals surface area contributed by atoms with Gasteiger partial charge in [-0.3, -0.25) is 4.79 Å². The monoisotopic (exact) mass is 497 g/mol. The minimum Gasteiger partial charge on any atom is -0.368 e. The molecule has 186 valence electrons. The van der Waals surface area contributed by atoms with Crippen molar-refractivity contribution in [2.75, 3.05) is 37.6 Å². The second kappa shape index (κ2) is 10.8. The first-order chi connectivity index (χ1) is 16.0. The van der Waals surface area contributed by atoms with Gasteiger partial charge in [-0.05, 0) is 48.2 Å². The number of amides is 1. The highest BCUT2D eigenvalue weighted by Gasteiger charge is 2.31. The summed E-state index contributed by atoms with van der Waals surface area (Å²) in [7, 11) is -3.55. The fourth-order valence-corrected chi connectivity index (χ4v) is 4.91. The van der Waals surface area contributed by atoms with Gasteiger partial charge in [-0.1, -0.05) is 32.0 Å². The van der Waals surface area contributed by atoms with Gasteiger partial charge in [-0.2, -0.15) is 13.2 Å². The summed E-state index contributed by atoms with van der Waals surface area (Å²) >= 11 is 0. The van der Waals surface area contributed by atoms with E-state index in [1.54, 1.807) is 23.1 Å². The molecule has 1 heterocycles. The van der Waals surface area contributed by atoms with Crippen LogP contribution in [0.5, 0.6) is 0 Å². The Labute approximate surface area is 198 Å². The normalized spacial score (nSPS) is 15.1. The van der Waals surface area contributed by atoms with E-state index in [2.05, 4.69) is 4.72 Å². The molecule has 1 aliphatic heterocycles. The van der Waals surface area contributed by atoms with E-state index in [1.807, 2.05) is 18.7 Å². The topological polar surface area (TPSA) is 69.7 Å². The van der Waals surface area contributed by atoms with Crippen LogP contribution in [0.4, 0.5) is 18.9 Å². The number of hydrogen-bond acceptors (Lipinski definition) is 4. The van der Waals surface area contributed by atoms with Gasteiger partial charge < -0.3 is 9.80 Å². The van der Waals surface area contributed by atoms with Gasteiger partial charge in [-0.15, -0.1) is 0 Å². The number of alkyl halides is 3. The number of halogens is 3. The molecule has 10 heteroatoms. The zero-order valence-electron chi connectivity index (χ0n) is 19.3. The van der Waals surface area contributed by atoms with E-state index in [4.69, 9.17) is 0 Å². The molecule has 6 nitrogen and oxygen atoms in total. The van der Waals surface area contributed by atoms with Gasteiger partial charge in [-0.25, -0.2) is 13.1 Å². The molecule has 2 aromatic carbocycles. The van der Waals surface area contributed by atoms with Crippen molar-refractivity contribution in [2.24, 2.45) is 5.92 Å². The molecule has 0 radical (unpaired) electrons. The zero-order valence-corrected chi connectivity index (χ0v) is 20.1. The highest BCUT2D eigenvalue weighted by molar-refractivity contribution is 7.89. The lowest BCUT2D eigenvalue weighted by atomic mass is 10.1. The third kappa shape index (κ3) is 6.96. The summed E-state index contributed by atoms with van der Waals surface area (Å²) in [5.74, 6) is 0.172. The molecule has 1 amide bonds. The van der Waals surface area contributed by atoms with E-state index in [0.29, 0.717) is 44.8 Å². The van der Waals surface area contributed by atoms with Gasteiger partial charge in [0, 0.05) is 44.8 Å². The van der Waals surface area contributed by atoms with Crippen LogP contribution in [0.15, 0.2) is 53.4 Å². The molecule has 34 heavy (non-hydrogen) atoms. The molecule has 0 spiro atoms. The van der Waals surface area contributed by atoms with E-state index >= 15 is 0 Å². The first-order valence-electron chi connectivity index (χ1n) is 11.2. The van der Waals surface area contributed by atoms with Crippen LogP contribution in [0.1, 0.15) is 31.4 Å². The Morgan fingerprint density at radius 3 is 2.26 bits per heavy atom. The molecule has 0 saturated carbocycles. The van der Waals surface area contributed by atoms with Gasteiger partial charge in [0.15, 0.2) is 0 Å². The van der Waals surface area contributed by atoms with Crippen LogP contribution >= 0.6 is 0 Å². The summed E-state index contributed by atoms with van der Waals surface area (Å²) in [5.41, 5.74) is 0.677. The first-order valence-corrected chi connectivity index (χ1v) is 12.7. The Bertz CT molecular complexity index is 1080. The second-order valence-corrected chi connectivity index (χ2v) is 10.6. The van der Waals surface area contributed by atoms with Crippen molar-refractivity contribution in [2.45, 2.75) is 37.8 Å². The number of rotatable bonds is 8. The Morgan fingerprint density at radius 2 is 1.68 bits per heavy atom. The van der Waals surface area contributed by atoms with Crippen LogP contribution in [0.25, 0.3) is 0 Å². The Hall–Kier alpha value is -2.59. The minimum atomic E-state index is -4.39. The first kappa shape index (κ1) is 26.0. The van der Waals surface area contributed by atoms with Crippen LogP contribution < -0.4 is 9.62 Å². The number of benzene rings is 2. The molecule has 0 bridgehead atoms. The predicted octanol–water partition coefficient (Wildman–Crippen LogP) is 3.92. The number of carbonyl (C=O) groups is 1.